The van der Waals surface area contributed by atoms with Gasteiger partial charge in [0.05, 0.1) is 17.6 Å². The molecule has 1 saturated heterocycles. The van der Waals surface area contributed by atoms with E-state index in [2.05, 4.69) is 19.6 Å². The van der Waals surface area contributed by atoms with Crippen molar-refractivity contribution in [1.29, 1.82) is 0 Å². The fourth-order valence-electron chi connectivity index (χ4n) is 3.29. The molecule has 26 heavy (non-hydrogen) atoms. The molecule has 8 nitrogen and oxygen atoms in total. The Labute approximate surface area is 157 Å². The predicted molar refractivity (Wildman–Crippen MR) is 102 cm³/mol. The van der Waals surface area contributed by atoms with E-state index < -0.39 is 10.2 Å². The summed E-state index contributed by atoms with van der Waals surface area (Å²) in [6, 6.07) is 3.65. The maximum Gasteiger partial charge on any atom is 0.274 e. The second-order valence-corrected chi connectivity index (χ2v) is 8.15. The Bertz CT molecular complexity index is 885. The van der Waals surface area contributed by atoms with E-state index in [1.54, 1.807) is 19.5 Å². The lowest BCUT2D eigenvalue weighted by Crippen LogP contribution is -2.37. The van der Waals surface area contributed by atoms with E-state index in [1.165, 1.54) is 0 Å². The van der Waals surface area contributed by atoms with Gasteiger partial charge in [0, 0.05) is 25.0 Å². The molecule has 142 valence electrons. The van der Waals surface area contributed by atoms with Crippen LogP contribution in [0.4, 0.5) is 5.82 Å². The van der Waals surface area contributed by atoms with Gasteiger partial charge in [0.1, 0.15) is 17.9 Å². The van der Waals surface area contributed by atoms with Gasteiger partial charge in [-0.15, -0.1) is 0 Å². The first-order chi connectivity index (χ1) is 12.4. The van der Waals surface area contributed by atoms with E-state index in [4.69, 9.17) is 21.5 Å². The van der Waals surface area contributed by atoms with Crippen molar-refractivity contribution in [2.45, 2.75) is 19.3 Å². The quantitative estimate of drug-likeness (QED) is 0.764. The van der Waals surface area contributed by atoms with Crippen molar-refractivity contribution in [3.8, 4) is 5.75 Å². The van der Waals surface area contributed by atoms with Crippen molar-refractivity contribution in [2.75, 3.05) is 31.6 Å². The topological polar surface area (TPSA) is 110 Å². The minimum absolute atomic E-state index is 0.371. The molecule has 0 spiro atoms. The van der Waals surface area contributed by atoms with Crippen molar-refractivity contribution in [2.24, 2.45) is 11.1 Å². The number of benzene rings is 1. The first kappa shape index (κ1) is 19.1. The van der Waals surface area contributed by atoms with Gasteiger partial charge >= 0.3 is 0 Å². The minimum Gasteiger partial charge on any atom is -0.495 e. The number of hydrogen-bond acceptors (Lipinski definition) is 6. The average Bonchev–Trinajstić information content (AvgIpc) is 2.60. The standard InChI is InChI=1S/C16H22ClN5O3S/c1-25-15-8-12-14(9-13(15)17)19-10-20-16(12)22-6-3-11(4-7-22)2-5-21-26(18,23)24/h8-11,21H,2-7H2,1H3,(H2,18,23,24). The van der Waals surface area contributed by atoms with Crippen molar-refractivity contribution in [3.63, 3.8) is 0 Å². The van der Waals surface area contributed by atoms with Gasteiger partial charge in [0.25, 0.3) is 10.2 Å². The molecule has 1 fully saturated rings. The van der Waals surface area contributed by atoms with Crippen molar-refractivity contribution < 1.29 is 13.2 Å². The molecule has 3 rings (SSSR count). The van der Waals surface area contributed by atoms with E-state index in [0.717, 1.165) is 49.1 Å². The molecule has 1 aliphatic heterocycles. The summed E-state index contributed by atoms with van der Waals surface area (Å²) < 4.78 is 29.5. The minimum atomic E-state index is -3.61. The number of nitrogens with zero attached hydrogens (tertiary/aromatic N) is 3. The Morgan fingerprint density at radius 2 is 2.08 bits per heavy atom. The zero-order chi connectivity index (χ0) is 18.7. The number of aromatic nitrogens is 2. The van der Waals surface area contributed by atoms with Crippen molar-refractivity contribution >= 4 is 38.5 Å². The number of ether oxygens (including phenoxy) is 1. The summed E-state index contributed by atoms with van der Waals surface area (Å²) in [4.78, 5) is 11.0. The van der Waals surface area contributed by atoms with Crippen LogP contribution in [0.2, 0.25) is 5.02 Å². The molecule has 1 aliphatic rings. The molecule has 10 heteroatoms. The summed E-state index contributed by atoms with van der Waals surface area (Å²) in [5.41, 5.74) is 0.778. The summed E-state index contributed by atoms with van der Waals surface area (Å²) in [5.74, 6) is 1.92. The third-order valence-corrected chi connectivity index (χ3v) is 5.56. The zero-order valence-corrected chi connectivity index (χ0v) is 16.1. The highest BCUT2D eigenvalue weighted by molar-refractivity contribution is 7.87. The Hall–Kier alpha value is -1.68. The summed E-state index contributed by atoms with van der Waals surface area (Å²) in [6.07, 6.45) is 4.24. The normalized spacial score (nSPS) is 16.2. The van der Waals surface area contributed by atoms with Crippen LogP contribution in [0, 0.1) is 5.92 Å². The molecule has 3 N–H and O–H groups in total. The zero-order valence-electron chi connectivity index (χ0n) is 14.5. The van der Waals surface area contributed by atoms with Crippen LogP contribution in [0.15, 0.2) is 18.5 Å². The van der Waals surface area contributed by atoms with Gasteiger partial charge in [-0.05, 0) is 37.3 Å². The highest BCUT2D eigenvalue weighted by Gasteiger charge is 2.22. The number of hydrogen-bond donors (Lipinski definition) is 2. The highest BCUT2D eigenvalue weighted by atomic mass is 35.5. The number of nitrogens with one attached hydrogen (secondary N) is 1. The molecule has 1 aromatic carbocycles. The Kier molecular flexibility index (Phi) is 5.81. The molecule has 0 bridgehead atoms. The molecule has 0 aliphatic carbocycles. The van der Waals surface area contributed by atoms with E-state index >= 15 is 0 Å². The van der Waals surface area contributed by atoms with Gasteiger partial charge < -0.3 is 9.64 Å². The predicted octanol–water partition coefficient (Wildman–Crippen LogP) is 1.69. The average molecular weight is 400 g/mol. The van der Waals surface area contributed by atoms with Gasteiger partial charge in [-0.3, -0.25) is 0 Å². The number of piperidine rings is 1. The van der Waals surface area contributed by atoms with Crippen LogP contribution in [-0.2, 0) is 10.2 Å². The third-order valence-electron chi connectivity index (χ3n) is 4.66. The van der Waals surface area contributed by atoms with Crippen LogP contribution >= 0.6 is 11.6 Å². The molecule has 0 atom stereocenters. The maximum atomic E-state index is 10.9. The maximum absolute atomic E-state index is 10.9. The first-order valence-corrected chi connectivity index (χ1v) is 10.3. The molecule has 2 aromatic rings. The second-order valence-electron chi connectivity index (χ2n) is 6.36. The fourth-order valence-corrected chi connectivity index (χ4v) is 3.93. The third kappa shape index (κ3) is 4.53. The lowest BCUT2D eigenvalue weighted by atomic mass is 9.93. The van der Waals surface area contributed by atoms with Gasteiger partial charge in [-0.25, -0.2) is 19.8 Å². The Balaban J connectivity index is 1.69. The van der Waals surface area contributed by atoms with Gasteiger partial charge in [0.2, 0.25) is 0 Å². The number of halogens is 1. The number of rotatable bonds is 6. The molecular weight excluding hydrogens is 378 g/mol. The van der Waals surface area contributed by atoms with E-state index in [9.17, 15) is 8.42 Å². The summed E-state index contributed by atoms with van der Waals surface area (Å²) in [6.45, 7) is 2.06. The van der Waals surface area contributed by atoms with Crippen LogP contribution < -0.4 is 19.5 Å². The molecular formula is C16H22ClN5O3S. The second kappa shape index (κ2) is 7.91. The fraction of sp³-hybridized carbons (Fsp3) is 0.500. The van der Waals surface area contributed by atoms with Gasteiger partial charge in [-0.1, -0.05) is 11.6 Å². The van der Waals surface area contributed by atoms with E-state index in [-0.39, 0.29) is 0 Å². The molecule has 0 saturated carbocycles. The van der Waals surface area contributed by atoms with Crippen LogP contribution in [-0.4, -0.2) is 45.1 Å². The van der Waals surface area contributed by atoms with Crippen LogP contribution in [0.3, 0.4) is 0 Å². The Morgan fingerprint density at radius 1 is 1.35 bits per heavy atom. The largest absolute Gasteiger partial charge is 0.495 e. The molecule has 2 heterocycles. The van der Waals surface area contributed by atoms with Crippen LogP contribution in [0.1, 0.15) is 19.3 Å². The van der Waals surface area contributed by atoms with Gasteiger partial charge in [-0.2, -0.15) is 8.42 Å². The number of methoxy groups -OCH3 is 1. The van der Waals surface area contributed by atoms with Crippen LogP contribution in [0.25, 0.3) is 10.9 Å². The van der Waals surface area contributed by atoms with Gasteiger partial charge in [0.15, 0.2) is 0 Å². The van der Waals surface area contributed by atoms with Crippen molar-refractivity contribution in [1.82, 2.24) is 14.7 Å². The first-order valence-electron chi connectivity index (χ1n) is 8.38. The SMILES string of the molecule is COc1cc2c(N3CCC(CCNS(N)(=O)=O)CC3)ncnc2cc1Cl. The number of nitrogens with two attached hydrogens (primary N) is 1. The Morgan fingerprint density at radius 3 is 2.73 bits per heavy atom. The number of anilines is 1. The summed E-state index contributed by atoms with van der Waals surface area (Å²) in [5, 5.41) is 6.38. The molecule has 1 aromatic heterocycles. The lowest BCUT2D eigenvalue weighted by molar-refractivity contribution is 0.381. The number of fused-ring (bicyclic) bond motifs is 1. The van der Waals surface area contributed by atoms with Crippen LogP contribution in [0.5, 0.6) is 5.75 Å². The van der Waals surface area contributed by atoms with E-state index in [0.29, 0.717) is 23.2 Å². The van der Waals surface area contributed by atoms with Crippen molar-refractivity contribution in [3.05, 3.63) is 23.5 Å². The molecule has 0 unspecified atom stereocenters. The highest BCUT2D eigenvalue weighted by Crippen LogP contribution is 2.34. The summed E-state index contributed by atoms with van der Waals surface area (Å²) in [7, 11) is -2.03. The molecule has 0 amide bonds. The lowest BCUT2D eigenvalue weighted by Gasteiger charge is -2.33. The molecule has 0 radical (unpaired) electrons. The van der Waals surface area contributed by atoms with E-state index in [1.807, 2.05) is 6.07 Å². The monoisotopic (exact) mass is 399 g/mol. The smallest absolute Gasteiger partial charge is 0.274 e. The summed E-state index contributed by atoms with van der Waals surface area (Å²) >= 11 is 6.18.